The Bertz CT molecular complexity index is 564. The van der Waals surface area contributed by atoms with E-state index in [1.54, 1.807) is 19.1 Å². The summed E-state index contributed by atoms with van der Waals surface area (Å²) in [6.07, 6.45) is 0. The first kappa shape index (κ1) is 12.8. The zero-order valence-electron chi connectivity index (χ0n) is 9.61. The Labute approximate surface area is 113 Å². The number of nitrogens with one attached hydrogen (secondary N) is 1. The molecule has 0 aliphatic heterocycles. The van der Waals surface area contributed by atoms with Crippen molar-refractivity contribution in [3.05, 3.63) is 38.8 Å². The van der Waals surface area contributed by atoms with Crippen molar-refractivity contribution in [2.24, 2.45) is 0 Å². The van der Waals surface area contributed by atoms with Crippen molar-refractivity contribution < 1.29 is 4.79 Å². The van der Waals surface area contributed by atoms with Crippen molar-refractivity contribution in [1.82, 2.24) is 15.3 Å². The molecule has 2 aromatic rings. The number of anilines is 1. The van der Waals surface area contributed by atoms with E-state index in [4.69, 9.17) is 17.3 Å². The number of nitrogens with zero attached hydrogens (tertiary/aromatic N) is 2. The number of carbonyl (C=O) groups excluding carboxylic acids is 1. The van der Waals surface area contributed by atoms with E-state index in [1.165, 1.54) is 11.3 Å². The molecule has 0 saturated heterocycles. The van der Waals surface area contributed by atoms with Gasteiger partial charge >= 0.3 is 0 Å². The highest BCUT2D eigenvalue weighted by Crippen LogP contribution is 2.21. The molecule has 1 amide bonds. The second kappa shape index (κ2) is 5.32. The van der Waals surface area contributed by atoms with E-state index in [0.717, 1.165) is 4.88 Å². The fraction of sp³-hybridized carbons (Fsp3) is 0.182. The fourth-order valence-electron chi connectivity index (χ4n) is 1.41. The van der Waals surface area contributed by atoms with E-state index in [1.807, 2.05) is 6.07 Å². The molecule has 5 nitrogen and oxygen atoms in total. The molecule has 0 fully saturated rings. The quantitative estimate of drug-likeness (QED) is 0.902. The highest BCUT2D eigenvalue weighted by molar-refractivity contribution is 7.16. The van der Waals surface area contributed by atoms with Crippen LogP contribution in [-0.2, 0) is 6.54 Å². The van der Waals surface area contributed by atoms with Crippen LogP contribution in [0.1, 0.15) is 21.1 Å². The summed E-state index contributed by atoms with van der Waals surface area (Å²) in [5, 5.41) is 2.75. The Balaban J connectivity index is 2.03. The van der Waals surface area contributed by atoms with Gasteiger partial charge in [0, 0.05) is 10.6 Å². The fourth-order valence-corrected chi connectivity index (χ4v) is 2.44. The van der Waals surface area contributed by atoms with Gasteiger partial charge < -0.3 is 11.1 Å². The lowest BCUT2D eigenvalue weighted by atomic mass is 10.3. The molecule has 0 aromatic carbocycles. The van der Waals surface area contributed by atoms with Crippen molar-refractivity contribution in [1.29, 1.82) is 0 Å². The number of amides is 1. The van der Waals surface area contributed by atoms with E-state index in [0.29, 0.717) is 16.6 Å². The molecule has 0 aliphatic rings. The molecule has 3 N–H and O–H groups in total. The molecule has 7 heteroatoms. The van der Waals surface area contributed by atoms with E-state index in [-0.39, 0.29) is 17.5 Å². The predicted octanol–water partition coefficient (Wildman–Crippen LogP) is 2.01. The first-order valence-corrected chi connectivity index (χ1v) is 6.37. The van der Waals surface area contributed by atoms with Crippen molar-refractivity contribution in [3.63, 3.8) is 0 Å². The number of hydrogen-bond donors (Lipinski definition) is 2. The van der Waals surface area contributed by atoms with E-state index in [9.17, 15) is 4.79 Å². The van der Waals surface area contributed by atoms with Crippen LogP contribution < -0.4 is 11.1 Å². The zero-order valence-corrected chi connectivity index (χ0v) is 11.2. The monoisotopic (exact) mass is 282 g/mol. The van der Waals surface area contributed by atoms with Gasteiger partial charge in [0.25, 0.3) is 5.91 Å². The average molecular weight is 283 g/mol. The minimum atomic E-state index is -0.281. The Morgan fingerprint density at radius 2 is 2.28 bits per heavy atom. The summed E-state index contributed by atoms with van der Waals surface area (Å²) in [6, 6.07) is 5.25. The normalized spacial score (nSPS) is 10.3. The zero-order chi connectivity index (χ0) is 13.1. The van der Waals surface area contributed by atoms with Gasteiger partial charge in [-0.25, -0.2) is 9.97 Å². The maximum absolute atomic E-state index is 11.8. The number of nitrogens with two attached hydrogens (primary N) is 1. The minimum Gasteiger partial charge on any atom is -0.368 e. The van der Waals surface area contributed by atoms with Gasteiger partial charge in [-0.3, -0.25) is 4.79 Å². The second-order valence-corrected chi connectivity index (χ2v) is 5.44. The summed E-state index contributed by atoms with van der Waals surface area (Å²) in [4.78, 5) is 20.6. The molecule has 94 valence electrons. The van der Waals surface area contributed by atoms with Gasteiger partial charge in [-0.15, -0.1) is 11.3 Å². The highest BCUT2D eigenvalue weighted by atomic mass is 35.5. The minimum absolute atomic E-state index is 0.0966. The molecule has 2 aromatic heterocycles. The molecule has 0 spiro atoms. The Hall–Kier alpha value is -1.66. The molecule has 2 rings (SSSR count). The summed E-state index contributed by atoms with van der Waals surface area (Å²) in [6.45, 7) is 2.17. The SMILES string of the molecule is Cc1cc(C(=O)NCc2ccc(Cl)s2)nc(N)n1. The number of aromatic nitrogens is 2. The van der Waals surface area contributed by atoms with Gasteiger partial charge in [0.15, 0.2) is 0 Å². The lowest BCUT2D eigenvalue weighted by Crippen LogP contribution is -2.24. The number of aryl methyl sites for hydroxylation is 1. The molecular formula is C11H11ClN4OS. The Morgan fingerprint density at radius 1 is 1.50 bits per heavy atom. The number of hydrogen-bond acceptors (Lipinski definition) is 5. The Morgan fingerprint density at radius 3 is 2.89 bits per heavy atom. The van der Waals surface area contributed by atoms with Crippen LogP contribution in [0.25, 0.3) is 0 Å². The summed E-state index contributed by atoms with van der Waals surface area (Å²) in [7, 11) is 0. The summed E-state index contributed by atoms with van der Waals surface area (Å²) in [5.74, 6) is -0.184. The number of rotatable bonds is 3. The first-order valence-electron chi connectivity index (χ1n) is 5.18. The second-order valence-electron chi connectivity index (χ2n) is 3.64. The number of thiophene rings is 1. The van der Waals surface area contributed by atoms with Gasteiger partial charge in [0.2, 0.25) is 5.95 Å². The summed E-state index contributed by atoms with van der Waals surface area (Å²) >= 11 is 7.23. The number of halogens is 1. The van der Waals surface area contributed by atoms with Crippen molar-refractivity contribution in [3.8, 4) is 0 Å². The molecule has 0 atom stereocenters. The predicted molar refractivity (Wildman–Crippen MR) is 71.7 cm³/mol. The third kappa shape index (κ3) is 3.18. The molecule has 0 bridgehead atoms. The molecule has 0 unspecified atom stereocenters. The standard InChI is InChI=1S/C11H11ClN4OS/c1-6-4-8(16-11(13)15-6)10(17)14-5-7-2-3-9(12)18-7/h2-4H,5H2,1H3,(H,14,17)(H2,13,15,16). The molecule has 0 radical (unpaired) electrons. The van der Waals surface area contributed by atoms with Crippen LogP contribution in [0.5, 0.6) is 0 Å². The van der Waals surface area contributed by atoms with E-state index < -0.39 is 0 Å². The van der Waals surface area contributed by atoms with Gasteiger partial charge in [0.1, 0.15) is 5.69 Å². The van der Waals surface area contributed by atoms with Gasteiger partial charge in [-0.05, 0) is 25.1 Å². The van der Waals surface area contributed by atoms with Crippen molar-refractivity contribution in [2.75, 3.05) is 5.73 Å². The molecule has 0 aliphatic carbocycles. The molecule has 18 heavy (non-hydrogen) atoms. The topological polar surface area (TPSA) is 80.9 Å². The van der Waals surface area contributed by atoms with Crippen LogP contribution in [0.4, 0.5) is 5.95 Å². The maximum atomic E-state index is 11.8. The van der Waals surface area contributed by atoms with Crippen LogP contribution in [0.3, 0.4) is 0 Å². The third-order valence-electron chi connectivity index (χ3n) is 2.16. The summed E-state index contributed by atoms with van der Waals surface area (Å²) < 4.78 is 0.696. The van der Waals surface area contributed by atoms with Crippen LogP contribution in [-0.4, -0.2) is 15.9 Å². The molecular weight excluding hydrogens is 272 g/mol. The van der Waals surface area contributed by atoms with Crippen LogP contribution >= 0.6 is 22.9 Å². The number of nitrogen functional groups attached to an aromatic ring is 1. The van der Waals surface area contributed by atoms with Gasteiger partial charge in [-0.1, -0.05) is 11.6 Å². The first-order chi connectivity index (χ1) is 8.54. The highest BCUT2D eigenvalue weighted by Gasteiger charge is 2.09. The summed E-state index contributed by atoms with van der Waals surface area (Å²) in [5.41, 5.74) is 6.42. The van der Waals surface area contributed by atoms with E-state index >= 15 is 0 Å². The average Bonchev–Trinajstić information content (AvgIpc) is 2.70. The molecule has 0 saturated carbocycles. The smallest absolute Gasteiger partial charge is 0.270 e. The lowest BCUT2D eigenvalue weighted by molar-refractivity contribution is 0.0946. The largest absolute Gasteiger partial charge is 0.368 e. The Kier molecular flexibility index (Phi) is 3.78. The van der Waals surface area contributed by atoms with Crippen LogP contribution in [0.15, 0.2) is 18.2 Å². The van der Waals surface area contributed by atoms with E-state index in [2.05, 4.69) is 15.3 Å². The van der Waals surface area contributed by atoms with Crippen molar-refractivity contribution in [2.45, 2.75) is 13.5 Å². The van der Waals surface area contributed by atoms with Gasteiger partial charge in [0.05, 0.1) is 10.9 Å². The van der Waals surface area contributed by atoms with Gasteiger partial charge in [-0.2, -0.15) is 0 Å². The van der Waals surface area contributed by atoms with Crippen LogP contribution in [0.2, 0.25) is 4.34 Å². The third-order valence-corrected chi connectivity index (χ3v) is 3.39. The lowest BCUT2D eigenvalue weighted by Gasteiger charge is -2.04. The molecule has 2 heterocycles. The van der Waals surface area contributed by atoms with Crippen molar-refractivity contribution >= 4 is 34.8 Å². The van der Waals surface area contributed by atoms with Crippen LogP contribution in [0, 0.1) is 6.92 Å². The number of carbonyl (C=O) groups is 1. The maximum Gasteiger partial charge on any atom is 0.270 e.